The number of nitrogens with zero attached hydrogens (tertiary/aromatic N) is 7. The van der Waals surface area contributed by atoms with Crippen molar-refractivity contribution in [3.8, 4) is 0 Å². The van der Waals surface area contributed by atoms with Crippen LogP contribution in [0.5, 0.6) is 0 Å². The van der Waals surface area contributed by atoms with Crippen LogP contribution in [0, 0.1) is 5.92 Å². The molecule has 0 radical (unpaired) electrons. The number of amides is 7. The summed E-state index contributed by atoms with van der Waals surface area (Å²) in [4.78, 5) is 94.8. The Bertz CT molecular complexity index is 2250. The normalized spacial score (nSPS) is 25.0. The Morgan fingerprint density at radius 1 is 0.871 bits per heavy atom. The first-order valence-corrected chi connectivity index (χ1v) is 22.1. The summed E-state index contributed by atoms with van der Waals surface area (Å²) in [6.07, 6.45) is 9.86. The fourth-order valence-electron chi connectivity index (χ4n) is 10.4. The first-order chi connectivity index (χ1) is 30.0. The van der Waals surface area contributed by atoms with Crippen LogP contribution in [-0.4, -0.2) is 136 Å². The van der Waals surface area contributed by atoms with Crippen molar-refractivity contribution < 1.29 is 28.8 Å². The van der Waals surface area contributed by atoms with Gasteiger partial charge in [-0.1, -0.05) is 18.2 Å². The van der Waals surface area contributed by atoms with E-state index in [2.05, 4.69) is 42.9 Å². The second-order valence-corrected chi connectivity index (χ2v) is 17.8. The van der Waals surface area contributed by atoms with Crippen LogP contribution in [0.1, 0.15) is 107 Å². The van der Waals surface area contributed by atoms with Gasteiger partial charge in [0.1, 0.15) is 11.9 Å². The van der Waals surface area contributed by atoms with Crippen molar-refractivity contribution in [2.75, 3.05) is 68.4 Å². The monoisotopic (exact) mass is 845 g/mol. The Morgan fingerprint density at radius 2 is 1.65 bits per heavy atom. The molecule has 5 fully saturated rings. The van der Waals surface area contributed by atoms with Gasteiger partial charge < -0.3 is 36.0 Å². The zero-order chi connectivity index (χ0) is 43.1. The molecule has 326 valence electrons. The van der Waals surface area contributed by atoms with Crippen molar-refractivity contribution in [3.63, 3.8) is 0 Å². The van der Waals surface area contributed by atoms with Gasteiger partial charge >= 0.3 is 6.03 Å². The summed E-state index contributed by atoms with van der Waals surface area (Å²) in [6, 6.07) is 12.9. The van der Waals surface area contributed by atoms with Crippen molar-refractivity contribution in [3.05, 3.63) is 71.0 Å². The molecule has 17 heteroatoms. The summed E-state index contributed by atoms with van der Waals surface area (Å²) < 4.78 is 0. The molecule has 1 unspecified atom stereocenters. The molecule has 7 amide bonds. The number of likely N-dealkylation sites (tertiary alicyclic amines) is 1. The quantitative estimate of drug-likeness (QED) is 0.203. The molecule has 2 atom stereocenters. The highest BCUT2D eigenvalue weighted by molar-refractivity contribution is 6.25. The number of hydrogen-bond acceptors (Lipinski definition) is 12. The Labute approximate surface area is 360 Å². The van der Waals surface area contributed by atoms with Crippen molar-refractivity contribution in [2.24, 2.45) is 11.7 Å². The van der Waals surface area contributed by atoms with Gasteiger partial charge in [0.15, 0.2) is 11.5 Å². The molecule has 6 aliphatic rings. The standard InChI is InChI=1S/C45H55N11O6/c1-52-22-23-55(45(52)62)32-4-3-19-54(26-32)36-24-47-39(40(46)58)41(50-36)49-31-13-9-28(10-14-31)29-17-20-53(21-18-29)25-27-7-11-30(12-8-27)48-34-6-2-5-33-38(34)44(61)56(43(33)60)35-15-16-37(57)51-42(35)59/h2,5-6,9-10,13-14,24,27,29-30,32,35,48H,3-4,7-8,11-12,15-23,25-26H2,1H3,(H2,46,58)(H,49,50)(H,51,57,59)/t27?,30?,32-,35?/m1/s1. The number of rotatable bonds is 11. The SMILES string of the molecule is CN1CCN([C@@H]2CCCN(c3cnc(C(N)=O)c(Nc4ccc(C5CCN(CC6CCC(Nc7cccc8c7C(=O)N(C7CCC(=O)NC7=O)C8=O)CC6)CC5)cc4)n3)C2)C1=O. The molecule has 4 saturated heterocycles. The van der Waals surface area contributed by atoms with Gasteiger partial charge in [-0.05, 0) is 113 Å². The number of anilines is 4. The number of nitrogens with one attached hydrogen (secondary N) is 3. The molecule has 0 spiro atoms. The molecule has 5 N–H and O–H groups in total. The molecule has 3 aromatic rings. The molecule has 2 aromatic carbocycles. The van der Waals surface area contributed by atoms with Gasteiger partial charge in [-0.25, -0.2) is 14.8 Å². The summed E-state index contributed by atoms with van der Waals surface area (Å²) in [6.45, 7) is 6.01. The van der Waals surface area contributed by atoms with E-state index in [4.69, 9.17) is 10.7 Å². The van der Waals surface area contributed by atoms with E-state index in [1.807, 2.05) is 30.1 Å². The largest absolute Gasteiger partial charge is 0.382 e. The lowest BCUT2D eigenvalue weighted by molar-refractivity contribution is -0.136. The lowest BCUT2D eigenvalue weighted by atomic mass is 9.84. The van der Waals surface area contributed by atoms with Crippen molar-refractivity contribution in [2.45, 2.75) is 88.3 Å². The molecule has 6 heterocycles. The minimum atomic E-state index is -0.987. The van der Waals surface area contributed by atoms with E-state index in [-0.39, 0.29) is 36.7 Å². The Hall–Kier alpha value is -6.10. The Kier molecular flexibility index (Phi) is 11.5. The zero-order valence-corrected chi connectivity index (χ0v) is 35.2. The first-order valence-electron chi connectivity index (χ1n) is 22.1. The number of urea groups is 1. The highest BCUT2D eigenvalue weighted by Crippen LogP contribution is 2.36. The van der Waals surface area contributed by atoms with E-state index in [9.17, 15) is 28.8 Å². The fraction of sp³-hybridized carbons (Fsp3) is 0.511. The summed E-state index contributed by atoms with van der Waals surface area (Å²) in [5.41, 5.74) is 9.09. The highest BCUT2D eigenvalue weighted by Gasteiger charge is 2.46. The average molecular weight is 846 g/mol. The van der Waals surface area contributed by atoms with Crippen LogP contribution < -0.4 is 26.6 Å². The van der Waals surface area contributed by atoms with Crippen molar-refractivity contribution in [1.29, 1.82) is 0 Å². The maximum atomic E-state index is 13.6. The predicted octanol–water partition coefficient (Wildman–Crippen LogP) is 3.91. The summed E-state index contributed by atoms with van der Waals surface area (Å²) in [7, 11) is 1.83. The molecular weight excluding hydrogens is 791 g/mol. The van der Waals surface area contributed by atoms with E-state index in [1.54, 1.807) is 23.2 Å². The van der Waals surface area contributed by atoms with E-state index in [0.717, 1.165) is 101 Å². The van der Waals surface area contributed by atoms with Gasteiger partial charge in [-0.3, -0.25) is 34.2 Å². The van der Waals surface area contributed by atoms with E-state index in [1.165, 1.54) is 5.56 Å². The number of benzene rings is 2. The predicted molar refractivity (Wildman–Crippen MR) is 231 cm³/mol. The van der Waals surface area contributed by atoms with Crippen LogP contribution in [0.3, 0.4) is 0 Å². The molecule has 5 aliphatic heterocycles. The lowest BCUT2D eigenvalue weighted by Crippen LogP contribution is -2.54. The molecule has 1 saturated carbocycles. The Morgan fingerprint density at radius 3 is 2.35 bits per heavy atom. The van der Waals surface area contributed by atoms with Crippen LogP contribution in [0.2, 0.25) is 0 Å². The topological polar surface area (TPSA) is 207 Å². The van der Waals surface area contributed by atoms with Crippen molar-refractivity contribution >= 4 is 58.6 Å². The first kappa shape index (κ1) is 41.3. The number of primary amides is 1. The number of hydrogen-bond donors (Lipinski definition) is 4. The minimum Gasteiger partial charge on any atom is -0.382 e. The number of nitrogens with two attached hydrogens (primary N) is 1. The third-order valence-corrected chi connectivity index (χ3v) is 13.8. The van der Waals surface area contributed by atoms with Gasteiger partial charge in [0, 0.05) is 63.6 Å². The van der Waals surface area contributed by atoms with Crippen LogP contribution in [0.25, 0.3) is 0 Å². The summed E-state index contributed by atoms with van der Waals surface area (Å²) in [5, 5.41) is 9.13. The van der Waals surface area contributed by atoms with Gasteiger partial charge in [-0.2, -0.15) is 0 Å². The number of piperidine rings is 3. The second kappa shape index (κ2) is 17.3. The van der Waals surface area contributed by atoms with E-state index >= 15 is 0 Å². The number of carbonyl (C=O) groups excluding carboxylic acids is 6. The van der Waals surface area contributed by atoms with Crippen molar-refractivity contribution in [1.82, 2.24) is 34.9 Å². The number of aromatic nitrogens is 2. The van der Waals surface area contributed by atoms with Crippen LogP contribution >= 0.6 is 0 Å². The number of likely N-dealkylation sites (N-methyl/N-ethyl adjacent to an activating group) is 1. The number of fused-ring (bicyclic) bond motifs is 1. The summed E-state index contributed by atoms with van der Waals surface area (Å²) in [5.74, 6) is -0.653. The van der Waals surface area contributed by atoms with E-state index < -0.39 is 35.6 Å². The number of carbonyl (C=O) groups is 6. The molecule has 62 heavy (non-hydrogen) atoms. The maximum absolute atomic E-state index is 13.6. The van der Waals surface area contributed by atoms with Crippen LogP contribution in [0.15, 0.2) is 48.7 Å². The highest BCUT2D eigenvalue weighted by atomic mass is 16.2. The average Bonchev–Trinajstić information content (AvgIpc) is 3.75. The lowest BCUT2D eigenvalue weighted by Gasteiger charge is -2.37. The third-order valence-electron chi connectivity index (χ3n) is 13.8. The molecule has 1 aromatic heterocycles. The Balaban J connectivity index is 0.748. The third kappa shape index (κ3) is 8.29. The zero-order valence-electron chi connectivity index (χ0n) is 35.2. The maximum Gasteiger partial charge on any atom is 0.320 e. The van der Waals surface area contributed by atoms with Crippen LogP contribution in [-0.2, 0) is 9.59 Å². The molecule has 1 aliphatic carbocycles. The minimum absolute atomic E-state index is 0.0620. The van der Waals surface area contributed by atoms with Gasteiger partial charge in [-0.15, -0.1) is 0 Å². The molecule has 0 bridgehead atoms. The van der Waals surface area contributed by atoms with Gasteiger partial charge in [0.2, 0.25) is 11.8 Å². The summed E-state index contributed by atoms with van der Waals surface area (Å²) >= 11 is 0. The molecule has 17 nitrogen and oxygen atoms in total. The molecular formula is C45H55N11O6. The number of imide groups is 2. The van der Waals surface area contributed by atoms with Crippen LogP contribution in [0.4, 0.5) is 27.8 Å². The fourth-order valence-corrected chi connectivity index (χ4v) is 10.4. The van der Waals surface area contributed by atoms with Gasteiger partial charge in [0.25, 0.3) is 17.7 Å². The second-order valence-electron chi connectivity index (χ2n) is 17.8. The van der Waals surface area contributed by atoms with Gasteiger partial charge in [0.05, 0.1) is 23.4 Å². The molecule has 9 rings (SSSR count). The van der Waals surface area contributed by atoms with E-state index in [0.29, 0.717) is 46.8 Å². The smallest absolute Gasteiger partial charge is 0.320 e.